The van der Waals surface area contributed by atoms with Crippen LogP contribution in [0, 0.1) is 0 Å². The summed E-state index contributed by atoms with van der Waals surface area (Å²) >= 11 is 0. The number of esters is 3. The largest absolute Gasteiger partial charge is 0.463 e. The predicted octanol–water partition coefficient (Wildman–Crippen LogP) is 0.738. The third-order valence-corrected chi connectivity index (χ3v) is 5.27. The van der Waals surface area contributed by atoms with E-state index in [1.54, 1.807) is 4.57 Å². The van der Waals surface area contributed by atoms with Gasteiger partial charge in [0.25, 0.3) is 0 Å². The van der Waals surface area contributed by atoms with Gasteiger partial charge in [-0.2, -0.15) is 0 Å². The molecule has 0 aromatic carbocycles. The molecule has 0 spiro atoms. The number of nitrogens with zero attached hydrogens (tertiary/aromatic N) is 5. The molecule has 0 bridgehead atoms. The Morgan fingerprint density at radius 3 is 2.41 bits per heavy atom. The minimum atomic E-state index is -1.10. The maximum absolute atomic E-state index is 12.0. The first-order chi connectivity index (χ1) is 16.2. The molecule has 0 amide bonds. The van der Waals surface area contributed by atoms with E-state index in [1.165, 1.54) is 27.1 Å². The summed E-state index contributed by atoms with van der Waals surface area (Å²) < 4.78 is 25.8. The molecule has 0 unspecified atom stereocenters. The number of carbonyl (C=O) groups excluding carboxylic acids is 3. The van der Waals surface area contributed by atoms with Gasteiger partial charge in [-0.05, 0) is 12.1 Å². The zero-order valence-electron chi connectivity index (χ0n) is 19.0. The molecule has 0 radical (unpaired) electrons. The van der Waals surface area contributed by atoms with Crippen LogP contribution in [-0.4, -0.2) is 66.9 Å². The summed E-state index contributed by atoms with van der Waals surface area (Å²) in [5.41, 5.74) is 7.38. The third-order valence-electron chi connectivity index (χ3n) is 5.27. The van der Waals surface area contributed by atoms with Gasteiger partial charge in [0.1, 0.15) is 19.0 Å². The van der Waals surface area contributed by atoms with Gasteiger partial charge < -0.3 is 29.2 Å². The van der Waals surface area contributed by atoms with Crippen molar-refractivity contribution in [3.05, 3.63) is 24.7 Å². The molecular formula is C21H24N6O7. The van der Waals surface area contributed by atoms with Crippen LogP contribution in [0.5, 0.6) is 0 Å². The Morgan fingerprint density at radius 2 is 1.79 bits per heavy atom. The van der Waals surface area contributed by atoms with E-state index in [9.17, 15) is 14.4 Å². The molecule has 4 atom stereocenters. The van der Waals surface area contributed by atoms with Crippen LogP contribution in [0.15, 0.2) is 24.7 Å². The van der Waals surface area contributed by atoms with Crippen LogP contribution >= 0.6 is 0 Å². The highest BCUT2D eigenvalue weighted by Crippen LogP contribution is 2.39. The molecule has 1 fully saturated rings. The van der Waals surface area contributed by atoms with Crippen LogP contribution in [0.3, 0.4) is 0 Å². The molecule has 13 heteroatoms. The molecule has 0 saturated carbocycles. The van der Waals surface area contributed by atoms with Crippen molar-refractivity contribution in [2.75, 3.05) is 12.3 Å². The van der Waals surface area contributed by atoms with Gasteiger partial charge in [0.05, 0.1) is 5.69 Å². The molecule has 1 aliphatic heterocycles. The van der Waals surface area contributed by atoms with Crippen molar-refractivity contribution < 1.29 is 33.3 Å². The number of carbonyl (C=O) groups is 3. The van der Waals surface area contributed by atoms with Crippen LogP contribution in [0.4, 0.5) is 5.82 Å². The number of rotatable bonds is 6. The van der Waals surface area contributed by atoms with Crippen LogP contribution < -0.4 is 5.73 Å². The number of aromatic nitrogens is 5. The number of aryl methyl sites for hydroxylation is 1. The highest BCUT2D eigenvalue weighted by Gasteiger charge is 2.51. The first-order valence-corrected chi connectivity index (χ1v) is 10.4. The highest BCUT2D eigenvalue weighted by molar-refractivity contribution is 5.85. The first kappa shape index (κ1) is 23.2. The van der Waals surface area contributed by atoms with Gasteiger partial charge >= 0.3 is 17.9 Å². The fraction of sp³-hybridized carbons (Fsp3) is 0.429. The van der Waals surface area contributed by atoms with Crippen molar-refractivity contribution >= 4 is 34.9 Å². The van der Waals surface area contributed by atoms with E-state index in [0.717, 1.165) is 0 Å². The van der Waals surface area contributed by atoms with E-state index < -0.39 is 42.4 Å². The smallest absolute Gasteiger partial charge is 0.303 e. The Bertz CT molecular complexity index is 1250. The molecule has 0 aliphatic carbocycles. The second kappa shape index (κ2) is 9.09. The summed E-state index contributed by atoms with van der Waals surface area (Å²) in [7, 11) is 1.83. The molecule has 180 valence electrons. The monoisotopic (exact) mass is 472 g/mol. The molecule has 1 saturated heterocycles. The fourth-order valence-corrected chi connectivity index (χ4v) is 3.94. The Balaban J connectivity index is 1.90. The van der Waals surface area contributed by atoms with Crippen LogP contribution in [0.1, 0.15) is 27.0 Å². The summed E-state index contributed by atoms with van der Waals surface area (Å²) in [6.45, 7) is 3.46. The quantitative estimate of drug-likeness (QED) is 0.397. The number of nitrogen functional groups attached to an aromatic ring is 1. The van der Waals surface area contributed by atoms with Gasteiger partial charge in [-0.15, -0.1) is 0 Å². The van der Waals surface area contributed by atoms with Crippen LogP contribution in [-0.2, 0) is 40.4 Å². The summed E-state index contributed by atoms with van der Waals surface area (Å²) in [6.07, 6.45) is -1.03. The number of anilines is 1. The van der Waals surface area contributed by atoms with E-state index in [0.29, 0.717) is 22.7 Å². The highest BCUT2D eigenvalue weighted by atomic mass is 16.7. The predicted molar refractivity (Wildman–Crippen MR) is 116 cm³/mol. The zero-order valence-corrected chi connectivity index (χ0v) is 19.0. The summed E-state index contributed by atoms with van der Waals surface area (Å²) in [4.78, 5) is 48.3. The van der Waals surface area contributed by atoms with Gasteiger partial charge in [0, 0.05) is 34.0 Å². The molecule has 34 heavy (non-hydrogen) atoms. The van der Waals surface area contributed by atoms with Crippen molar-refractivity contribution in [3.8, 4) is 11.5 Å². The third kappa shape index (κ3) is 4.29. The lowest BCUT2D eigenvalue weighted by Crippen LogP contribution is -2.40. The Hall–Kier alpha value is -4.00. The Labute approximate surface area is 193 Å². The maximum atomic E-state index is 12.0. The van der Waals surface area contributed by atoms with Crippen molar-refractivity contribution in [1.82, 2.24) is 24.1 Å². The number of nitrogens with two attached hydrogens (primary N) is 1. The number of hydrogen-bond donors (Lipinski definition) is 1. The average Bonchev–Trinajstić information content (AvgIpc) is 3.42. The zero-order chi connectivity index (χ0) is 24.6. The van der Waals surface area contributed by atoms with Crippen molar-refractivity contribution in [1.29, 1.82) is 0 Å². The summed E-state index contributed by atoms with van der Waals surface area (Å²) in [5.74, 6) is -1.23. The summed E-state index contributed by atoms with van der Waals surface area (Å²) in [6, 6.07) is 3.66. The molecular weight excluding hydrogens is 448 g/mol. The number of ether oxygens (including phenoxy) is 4. The topological polar surface area (TPSA) is 163 Å². The molecule has 1 aliphatic rings. The Morgan fingerprint density at radius 1 is 1.09 bits per heavy atom. The lowest BCUT2D eigenvalue weighted by atomic mass is 10.1. The number of fused-ring (bicyclic) bond motifs is 1. The second-order valence-electron chi connectivity index (χ2n) is 7.76. The van der Waals surface area contributed by atoms with E-state index in [1.807, 2.05) is 29.9 Å². The second-order valence-corrected chi connectivity index (χ2v) is 7.76. The van der Waals surface area contributed by atoms with Crippen molar-refractivity contribution in [2.45, 2.75) is 45.3 Å². The molecule has 4 heterocycles. The number of hydrogen-bond acceptors (Lipinski definition) is 11. The van der Waals surface area contributed by atoms with Gasteiger partial charge in [-0.3, -0.25) is 19.0 Å². The van der Waals surface area contributed by atoms with E-state index in [4.69, 9.17) is 24.7 Å². The van der Waals surface area contributed by atoms with Crippen molar-refractivity contribution in [2.24, 2.45) is 7.05 Å². The SMILES string of the molecule is CC(=O)OC[C@H]1O[C@@H](n2c(-c3cccn3C)nc3c(N)ncnc32)[C@H](OC(C)=O)[C@@H]1OC(C)=O. The van der Waals surface area contributed by atoms with Gasteiger partial charge in [-0.1, -0.05) is 0 Å². The minimum absolute atomic E-state index is 0.147. The Kier molecular flexibility index (Phi) is 6.20. The van der Waals surface area contributed by atoms with Gasteiger partial charge in [0.2, 0.25) is 0 Å². The lowest BCUT2D eigenvalue weighted by Gasteiger charge is -2.24. The van der Waals surface area contributed by atoms with E-state index >= 15 is 0 Å². The normalized spacial score (nSPS) is 22.0. The summed E-state index contributed by atoms with van der Waals surface area (Å²) in [5, 5.41) is 0. The van der Waals surface area contributed by atoms with Gasteiger partial charge in [-0.25, -0.2) is 15.0 Å². The molecule has 13 nitrogen and oxygen atoms in total. The molecule has 3 aromatic heterocycles. The minimum Gasteiger partial charge on any atom is -0.463 e. The van der Waals surface area contributed by atoms with Crippen molar-refractivity contribution in [3.63, 3.8) is 0 Å². The van der Waals surface area contributed by atoms with Gasteiger partial charge in [0.15, 0.2) is 41.2 Å². The van der Waals surface area contributed by atoms with Crippen LogP contribution in [0.2, 0.25) is 0 Å². The lowest BCUT2D eigenvalue weighted by molar-refractivity contribution is -0.166. The fourth-order valence-electron chi connectivity index (χ4n) is 3.94. The van der Waals surface area contributed by atoms with E-state index in [-0.39, 0.29) is 12.4 Å². The van der Waals surface area contributed by atoms with E-state index in [2.05, 4.69) is 15.0 Å². The molecule has 4 rings (SSSR count). The van der Waals surface area contributed by atoms with Crippen LogP contribution in [0.25, 0.3) is 22.7 Å². The average molecular weight is 472 g/mol. The molecule has 3 aromatic rings. The number of imidazole rings is 1. The maximum Gasteiger partial charge on any atom is 0.303 e. The standard InChI is InChI=1S/C21H24N6O7/c1-10(28)31-8-14-16(32-11(2)29)17(33-12(3)30)21(34-14)27-19(13-6-5-7-26(13)4)25-15-18(22)23-9-24-20(15)27/h5-7,9,14,16-17,21H,8H2,1-4H3,(H2,22,23,24)/t14-,16-,17-,21-/m1/s1. The molecule has 2 N–H and O–H groups in total. The first-order valence-electron chi connectivity index (χ1n) is 10.4.